The van der Waals surface area contributed by atoms with Crippen molar-refractivity contribution < 1.29 is 8.42 Å². The number of hydrogen-bond donors (Lipinski definition) is 1. The van der Waals surface area contributed by atoms with Crippen LogP contribution in [0.2, 0.25) is 0 Å². The van der Waals surface area contributed by atoms with Crippen molar-refractivity contribution in [1.29, 1.82) is 0 Å². The van der Waals surface area contributed by atoms with Gasteiger partial charge in [0.2, 0.25) is 10.0 Å². The summed E-state index contributed by atoms with van der Waals surface area (Å²) in [5.41, 5.74) is 6.94. The number of nitrogens with zero attached hydrogens (tertiary/aromatic N) is 1. The van der Waals surface area contributed by atoms with Crippen LogP contribution in [0.15, 0.2) is 23.1 Å². The third kappa shape index (κ3) is 2.79. The van der Waals surface area contributed by atoms with Crippen LogP contribution in [0.3, 0.4) is 0 Å². The molecule has 17 heavy (non-hydrogen) atoms. The molecule has 0 atom stereocenters. The Labute approximate surface area is 103 Å². The summed E-state index contributed by atoms with van der Waals surface area (Å²) >= 11 is 0. The van der Waals surface area contributed by atoms with E-state index in [0.717, 1.165) is 5.56 Å². The van der Waals surface area contributed by atoms with Gasteiger partial charge < -0.3 is 5.73 Å². The number of benzene rings is 1. The second kappa shape index (κ2) is 5.06. The van der Waals surface area contributed by atoms with E-state index in [1.807, 2.05) is 20.8 Å². The van der Waals surface area contributed by atoms with Crippen molar-refractivity contribution >= 4 is 15.7 Å². The zero-order chi connectivity index (χ0) is 13.2. The van der Waals surface area contributed by atoms with Crippen LogP contribution in [-0.4, -0.2) is 25.8 Å². The highest BCUT2D eigenvalue weighted by Gasteiger charge is 2.25. The zero-order valence-corrected chi connectivity index (χ0v) is 11.6. The Kier molecular flexibility index (Phi) is 4.16. The number of nitrogen functional groups attached to an aromatic ring is 1. The van der Waals surface area contributed by atoms with E-state index < -0.39 is 10.0 Å². The third-order valence-electron chi connectivity index (χ3n) is 2.86. The predicted molar refractivity (Wildman–Crippen MR) is 70.3 cm³/mol. The van der Waals surface area contributed by atoms with Crippen LogP contribution < -0.4 is 5.73 Å². The Morgan fingerprint density at radius 1 is 1.35 bits per heavy atom. The first-order valence-corrected chi connectivity index (χ1v) is 7.11. The highest BCUT2D eigenvalue weighted by atomic mass is 32.2. The molecule has 0 fully saturated rings. The van der Waals surface area contributed by atoms with Crippen LogP contribution in [0, 0.1) is 0 Å². The number of nitrogens with two attached hydrogens (primary N) is 1. The average molecular weight is 256 g/mol. The van der Waals surface area contributed by atoms with Gasteiger partial charge in [0.15, 0.2) is 0 Å². The summed E-state index contributed by atoms with van der Waals surface area (Å²) in [5, 5.41) is 0. The van der Waals surface area contributed by atoms with E-state index in [1.54, 1.807) is 19.2 Å². The molecule has 96 valence electrons. The molecule has 5 heteroatoms. The topological polar surface area (TPSA) is 63.4 Å². The molecule has 0 aliphatic carbocycles. The molecular weight excluding hydrogens is 236 g/mol. The molecule has 0 saturated heterocycles. The second-order valence-corrected chi connectivity index (χ2v) is 6.30. The molecule has 1 rings (SSSR count). The standard InChI is InChI=1S/C12H20N2O2S/c1-5-10-6-7-11(13)8-12(10)17(15,16)14(4)9(2)3/h6-9H,5,13H2,1-4H3. The molecule has 0 aliphatic rings. The maximum atomic E-state index is 12.4. The van der Waals surface area contributed by atoms with Crippen LogP contribution >= 0.6 is 0 Å². The van der Waals surface area contributed by atoms with E-state index in [0.29, 0.717) is 17.0 Å². The highest BCUT2D eigenvalue weighted by Crippen LogP contribution is 2.23. The van der Waals surface area contributed by atoms with Gasteiger partial charge in [-0.25, -0.2) is 8.42 Å². The largest absolute Gasteiger partial charge is 0.399 e. The lowest BCUT2D eigenvalue weighted by atomic mass is 10.1. The molecule has 0 unspecified atom stereocenters. The van der Waals surface area contributed by atoms with Gasteiger partial charge >= 0.3 is 0 Å². The Hall–Kier alpha value is -1.07. The minimum atomic E-state index is -3.45. The average Bonchev–Trinajstić information content (AvgIpc) is 2.27. The molecule has 0 aliphatic heterocycles. The molecule has 2 N–H and O–H groups in total. The predicted octanol–water partition coefficient (Wildman–Crippen LogP) is 1.86. The van der Waals surface area contributed by atoms with Crippen molar-refractivity contribution in [3.05, 3.63) is 23.8 Å². The SMILES string of the molecule is CCc1ccc(N)cc1S(=O)(=O)N(C)C(C)C. The van der Waals surface area contributed by atoms with Crippen LogP contribution in [0.5, 0.6) is 0 Å². The van der Waals surface area contributed by atoms with Crippen molar-refractivity contribution in [2.75, 3.05) is 12.8 Å². The first-order valence-electron chi connectivity index (χ1n) is 5.67. The van der Waals surface area contributed by atoms with Gasteiger partial charge in [-0.15, -0.1) is 0 Å². The van der Waals surface area contributed by atoms with E-state index in [1.165, 1.54) is 10.4 Å². The summed E-state index contributed by atoms with van der Waals surface area (Å²) in [6.45, 7) is 5.62. The Bertz CT molecular complexity index is 495. The minimum absolute atomic E-state index is 0.0777. The van der Waals surface area contributed by atoms with Crippen molar-refractivity contribution in [2.45, 2.75) is 38.1 Å². The van der Waals surface area contributed by atoms with Crippen molar-refractivity contribution in [3.8, 4) is 0 Å². The molecular formula is C12H20N2O2S. The van der Waals surface area contributed by atoms with Crippen LogP contribution in [-0.2, 0) is 16.4 Å². The quantitative estimate of drug-likeness (QED) is 0.836. The van der Waals surface area contributed by atoms with Crippen LogP contribution in [0.25, 0.3) is 0 Å². The molecule has 0 amide bonds. The molecule has 0 radical (unpaired) electrons. The van der Waals surface area contributed by atoms with E-state index in [2.05, 4.69) is 0 Å². The van der Waals surface area contributed by atoms with Crippen molar-refractivity contribution in [1.82, 2.24) is 4.31 Å². The van der Waals surface area contributed by atoms with Crippen LogP contribution in [0.1, 0.15) is 26.3 Å². The Morgan fingerprint density at radius 2 is 1.94 bits per heavy atom. The number of aryl methyl sites for hydroxylation is 1. The van der Waals surface area contributed by atoms with Gasteiger partial charge in [-0.1, -0.05) is 13.0 Å². The molecule has 0 heterocycles. The van der Waals surface area contributed by atoms with Gasteiger partial charge in [0.25, 0.3) is 0 Å². The van der Waals surface area contributed by atoms with Crippen molar-refractivity contribution in [2.24, 2.45) is 0 Å². The molecule has 0 bridgehead atoms. The fourth-order valence-electron chi connectivity index (χ4n) is 1.54. The summed E-state index contributed by atoms with van der Waals surface area (Å²) in [7, 11) is -1.86. The van der Waals surface area contributed by atoms with Gasteiger partial charge in [0.05, 0.1) is 4.90 Å². The fraction of sp³-hybridized carbons (Fsp3) is 0.500. The Morgan fingerprint density at radius 3 is 2.41 bits per heavy atom. The number of hydrogen-bond acceptors (Lipinski definition) is 3. The summed E-state index contributed by atoms with van der Waals surface area (Å²) in [5.74, 6) is 0. The summed E-state index contributed by atoms with van der Waals surface area (Å²) < 4.78 is 26.1. The smallest absolute Gasteiger partial charge is 0.243 e. The molecule has 1 aromatic rings. The first-order chi connectivity index (χ1) is 7.80. The minimum Gasteiger partial charge on any atom is -0.399 e. The first kappa shape index (κ1) is 14.0. The highest BCUT2D eigenvalue weighted by molar-refractivity contribution is 7.89. The Balaban J connectivity index is 3.37. The molecule has 0 saturated carbocycles. The van der Waals surface area contributed by atoms with E-state index in [9.17, 15) is 8.42 Å². The molecule has 0 aromatic heterocycles. The van der Waals surface area contributed by atoms with Gasteiger partial charge in [0.1, 0.15) is 0 Å². The monoisotopic (exact) mass is 256 g/mol. The van der Waals surface area contributed by atoms with E-state index >= 15 is 0 Å². The lowest BCUT2D eigenvalue weighted by Crippen LogP contribution is -2.33. The van der Waals surface area contributed by atoms with Gasteiger partial charge in [-0.2, -0.15) is 4.31 Å². The van der Waals surface area contributed by atoms with Crippen LogP contribution in [0.4, 0.5) is 5.69 Å². The summed E-state index contributed by atoms with van der Waals surface area (Å²) in [6, 6.07) is 4.96. The van der Waals surface area contributed by atoms with E-state index in [-0.39, 0.29) is 6.04 Å². The maximum Gasteiger partial charge on any atom is 0.243 e. The number of anilines is 1. The lowest BCUT2D eigenvalue weighted by Gasteiger charge is -2.22. The maximum absolute atomic E-state index is 12.4. The second-order valence-electron chi connectivity index (χ2n) is 4.34. The third-order valence-corrected chi connectivity index (χ3v) is 4.97. The molecule has 4 nitrogen and oxygen atoms in total. The molecule has 0 spiro atoms. The normalized spacial score (nSPS) is 12.4. The van der Waals surface area contributed by atoms with Crippen molar-refractivity contribution in [3.63, 3.8) is 0 Å². The number of rotatable bonds is 4. The van der Waals surface area contributed by atoms with Gasteiger partial charge in [-0.3, -0.25) is 0 Å². The van der Waals surface area contributed by atoms with Gasteiger partial charge in [0, 0.05) is 18.8 Å². The van der Waals surface area contributed by atoms with E-state index in [4.69, 9.17) is 5.73 Å². The number of sulfonamides is 1. The fourth-order valence-corrected chi connectivity index (χ4v) is 3.23. The summed E-state index contributed by atoms with van der Waals surface area (Å²) in [4.78, 5) is 0.316. The summed E-state index contributed by atoms with van der Waals surface area (Å²) in [6.07, 6.45) is 0.667. The lowest BCUT2D eigenvalue weighted by molar-refractivity contribution is 0.410. The zero-order valence-electron chi connectivity index (χ0n) is 10.8. The van der Waals surface area contributed by atoms with Gasteiger partial charge in [-0.05, 0) is 38.0 Å². The molecule has 1 aromatic carbocycles.